The molecule has 2 aliphatic heterocycles. The molecule has 2 aliphatic rings. The molecule has 0 bridgehead atoms. The first-order chi connectivity index (χ1) is 9.71. The first-order valence-electron chi connectivity index (χ1n) is 7.17. The fourth-order valence-corrected chi connectivity index (χ4v) is 2.65. The van der Waals surface area contributed by atoms with E-state index in [1.807, 2.05) is 33.8 Å². The van der Waals surface area contributed by atoms with Crippen LogP contribution in [0.4, 0.5) is 4.39 Å². The van der Waals surface area contributed by atoms with Crippen LogP contribution in [-0.4, -0.2) is 30.8 Å². The van der Waals surface area contributed by atoms with E-state index in [-0.39, 0.29) is 11.5 Å². The lowest BCUT2D eigenvalue weighted by atomic mass is 9.77. The van der Waals surface area contributed by atoms with Gasteiger partial charge in [-0.15, -0.1) is 0 Å². The van der Waals surface area contributed by atoms with Gasteiger partial charge in [-0.1, -0.05) is 6.07 Å². The Kier molecular flexibility index (Phi) is 3.15. The predicted octanol–water partition coefficient (Wildman–Crippen LogP) is 1.41. The van der Waals surface area contributed by atoms with Gasteiger partial charge in [-0.05, 0) is 51.2 Å². The Balaban J connectivity index is 1.99. The summed E-state index contributed by atoms with van der Waals surface area (Å²) in [5, 5.41) is 2.65. The van der Waals surface area contributed by atoms with Crippen LogP contribution >= 0.6 is 0 Å². The molecule has 4 nitrogen and oxygen atoms in total. The van der Waals surface area contributed by atoms with Crippen molar-refractivity contribution < 1.29 is 18.5 Å². The Hall–Kier alpha value is -1.40. The van der Waals surface area contributed by atoms with Crippen LogP contribution in [0.5, 0.6) is 0 Å². The number of fused-ring (bicyclic) bond motifs is 1. The summed E-state index contributed by atoms with van der Waals surface area (Å²) in [5.41, 5.74) is 0.535. The highest BCUT2D eigenvalue weighted by Crippen LogP contribution is 2.36. The van der Waals surface area contributed by atoms with Gasteiger partial charge in [-0.2, -0.15) is 0 Å². The summed E-state index contributed by atoms with van der Waals surface area (Å²) in [5.74, 6) is -0.872. The summed E-state index contributed by atoms with van der Waals surface area (Å²) in [6, 6.07) is 3.16. The van der Waals surface area contributed by atoms with E-state index >= 15 is 0 Å². The predicted molar refractivity (Wildman–Crippen MR) is 78.2 cm³/mol. The van der Waals surface area contributed by atoms with Gasteiger partial charge in [0.1, 0.15) is 5.82 Å². The summed E-state index contributed by atoms with van der Waals surface area (Å²) in [4.78, 5) is 11.7. The maximum Gasteiger partial charge on any atom is 0.494 e. The molecular weight excluding hydrogens is 272 g/mol. The zero-order valence-corrected chi connectivity index (χ0v) is 12.7. The van der Waals surface area contributed by atoms with Crippen molar-refractivity contribution in [2.45, 2.75) is 45.3 Å². The number of amides is 1. The third-order valence-corrected chi connectivity index (χ3v) is 4.63. The van der Waals surface area contributed by atoms with Crippen LogP contribution in [0.2, 0.25) is 0 Å². The molecule has 6 heteroatoms. The van der Waals surface area contributed by atoms with Crippen LogP contribution in [-0.2, 0) is 15.7 Å². The van der Waals surface area contributed by atoms with E-state index in [1.165, 1.54) is 6.07 Å². The first kappa shape index (κ1) is 14.5. The summed E-state index contributed by atoms with van der Waals surface area (Å²) in [6.45, 7) is 8.34. The van der Waals surface area contributed by atoms with Gasteiger partial charge in [0.05, 0.1) is 16.8 Å². The molecule has 0 spiro atoms. The number of benzene rings is 1. The molecule has 2 heterocycles. The zero-order chi connectivity index (χ0) is 15.4. The molecule has 0 aliphatic carbocycles. The first-order valence-corrected chi connectivity index (χ1v) is 7.17. The Morgan fingerprint density at radius 2 is 1.81 bits per heavy atom. The molecule has 3 rings (SSSR count). The van der Waals surface area contributed by atoms with Crippen molar-refractivity contribution in [2.75, 3.05) is 6.54 Å². The lowest BCUT2D eigenvalue weighted by Crippen LogP contribution is -2.41. The number of carbonyl (C=O) groups excluding carboxylic acids is 1. The van der Waals surface area contributed by atoms with Gasteiger partial charge in [0.15, 0.2) is 0 Å². The van der Waals surface area contributed by atoms with E-state index in [1.54, 1.807) is 0 Å². The number of hydrogen-bond donors (Lipinski definition) is 1. The largest absolute Gasteiger partial charge is 0.494 e. The van der Waals surface area contributed by atoms with Crippen molar-refractivity contribution in [1.29, 1.82) is 0 Å². The molecule has 1 amide bonds. The standard InChI is InChI=1S/C15H19BFNO3/c1-14(2)15(3,4)21-16(20-14)10-7-9-5-6-18-13(19)12(9)11(17)8-10/h7-8H,5-6H2,1-4H3,(H,18,19). The number of hydrogen-bond acceptors (Lipinski definition) is 3. The van der Waals surface area contributed by atoms with Gasteiger partial charge < -0.3 is 14.6 Å². The molecule has 112 valence electrons. The minimum absolute atomic E-state index is 0.140. The second-order valence-corrected chi connectivity index (χ2v) is 6.63. The van der Waals surface area contributed by atoms with E-state index in [2.05, 4.69) is 5.32 Å². The Labute approximate surface area is 124 Å². The second-order valence-electron chi connectivity index (χ2n) is 6.63. The van der Waals surface area contributed by atoms with E-state index in [0.29, 0.717) is 24.0 Å². The smallest absolute Gasteiger partial charge is 0.399 e. The van der Waals surface area contributed by atoms with Gasteiger partial charge in [-0.3, -0.25) is 4.79 Å². The number of carbonyl (C=O) groups is 1. The normalized spacial score (nSPS) is 22.9. The van der Waals surface area contributed by atoms with Crippen LogP contribution in [0.25, 0.3) is 0 Å². The molecule has 0 radical (unpaired) electrons. The summed E-state index contributed by atoms with van der Waals surface area (Å²) < 4.78 is 26.1. The van der Waals surface area contributed by atoms with Crippen molar-refractivity contribution >= 4 is 18.5 Å². The van der Waals surface area contributed by atoms with Crippen molar-refractivity contribution in [3.8, 4) is 0 Å². The molecule has 1 aromatic rings. The highest BCUT2D eigenvalue weighted by molar-refractivity contribution is 6.62. The molecule has 0 unspecified atom stereocenters. The third kappa shape index (κ3) is 2.26. The van der Waals surface area contributed by atoms with E-state index in [0.717, 1.165) is 0 Å². The van der Waals surface area contributed by atoms with Crippen LogP contribution in [0.3, 0.4) is 0 Å². The Bertz CT molecular complexity index is 599. The van der Waals surface area contributed by atoms with Gasteiger partial charge in [-0.25, -0.2) is 4.39 Å². The minimum Gasteiger partial charge on any atom is -0.399 e. The van der Waals surface area contributed by atoms with Crippen molar-refractivity contribution in [3.05, 3.63) is 29.1 Å². The quantitative estimate of drug-likeness (QED) is 0.796. The van der Waals surface area contributed by atoms with Crippen LogP contribution in [0.15, 0.2) is 12.1 Å². The average Bonchev–Trinajstić information content (AvgIpc) is 2.58. The highest BCUT2D eigenvalue weighted by Gasteiger charge is 2.52. The third-order valence-electron chi connectivity index (χ3n) is 4.63. The average molecular weight is 291 g/mol. The maximum atomic E-state index is 14.2. The van der Waals surface area contributed by atoms with E-state index in [9.17, 15) is 9.18 Å². The number of rotatable bonds is 1. The maximum absolute atomic E-state index is 14.2. The van der Waals surface area contributed by atoms with Crippen LogP contribution in [0.1, 0.15) is 43.6 Å². The fourth-order valence-electron chi connectivity index (χ4n) is 2.65. The molecule has 21 heavy (non-hydrogen) atoms. The summed E-state index contributed by atoms with van der Waals surface area (Å²) >= 11 is 0. The molecule has 0 aromatic heterocycles. The van der Waals surface area contributed by atoms with E-state index in [4.69, 9.17) is 9.31 Å². The van der Waals surface area contributed by atoms with Crippen molar-refractivity contribution in [2.24, 2.45) is 0 Å². The lowest BCUT2D eigenvalue weighted by molar-refractivity contribution is 0.00578. The minimum atomic E-state index is -0.611. The summed E-state index contributed by atoms with van der Waals surface area (Å²) in [7, 11) is -0.611. The highest BCUT2D eigenvalue weighted by atomic mass is 19.1. The molecule has 0 saturated carbocycles. The summed E-state index contributed by atoms with van der Waals surface area (Å²) in [6.07, 6.45) is 0.616. The second kappa shape index (κ2) is 4.55. The molecular formula is C15H19BFNO3. The Morgan fingerprint density at radius 1 is 1.19 bits per heavy atom. The molecule has 1 aromatic carbocycles. The van der Waals surface area contributed by atoms with Crippen LogP contribution < -0.4 is 10.8 Å². The van der Waals surface area contributed by atoms with Gasteiger partial charge in [0.25, 0.3) is 5.91 Å². The molecule has 1 fully saturated rings. The lowest BCUT2D eigenvalue weighted by Gasteiger charge is -2.32. The number of halogens is 1. The van der Waals surface area contributed by atoms with Gasteiger partial charge >= 0.3 is 7.12 Å². The number of nitrogens with one attached hydrogen (secondary N) is 1. The van der Waals surface area contributed by atoms with Gasteiger partial charge in [0.2, 0.25) is 0 Å². The van der Waals surface area contributed by atoms with Gasteiger partial charge in [0, 0.05) is 6.54 Å². The van der Waals surface area contributed by atoms with E-state index < -0.39 is 24.1 Å². The van der Waals surface area contributed by atoms with Crippen LogP contribution in [0, 0.1) is 5.82 Å². The topological polar surface area (TPSA) is 47.6 Å². The monoisotopic (exact) mass is 291 g/mol. The Morgan fingerprint density at radius 3 is 2.43 bits per heavy atom. The van der Waals surface area contributed by atoms with Crippen molar-refractivity contribution in [1.82, 2.24) is 5.32 Å². The zero-order valence-electron chi connectivity index (χ0n) is 12.7. The molecule has 1 saturated heterocycles. The fraction of sp³-hybridized carbons (Fsp3) is 0.533. The SMILES string of the molecule is CC1(C)OB(c2cc(F)c3c(c2)CCNC3=O)OC1(C)C. The molecule has 0 atom stereocenters. The van der Waals surface area contributed by atoms with Crippen molar-refractivity contribution in [3.63, 3.8) is 0 Å². The molecule has 1 N–H and O–H groups in total.